The molecule has 0 amide bonds. The van der Waals surface area contributed by atoms with Gasteiger partial charge in [-0.05, 0) is 24.0 Å². The zero-order valence-electron chi connectivity index (χ0n) is 7.90. The lowest BCUT2D eigenvalue weighted by molar-refractivity contribution is -0.142. The van der Waals surface area contributed by atoms with E-state index in [1.165, 1.54) is 0 Å². The molecule has 0 aliphatic carbocycles. The lowest BCUT2D eigenvalue weighted by Gasteiger charge is -2.03. The molecule has 0 saturated carbocycles. The van der Waals surface area contributed by atoms with Crippen LogP contribution in [0.4, 0.5) is 0 Å². The van der Waals surface area contributed by atoms with Gasteiger partial charge in [0, 0.05) is 4.90 Å². The van der Waals surface area contributed by atoms with Crippen LogP contribution in [0.15, 0.2) is 29.2 Å². The smallest absolute Gasteiger partial charge is 0.329 e. The van der Waals surface area contributed by atoms with E-state index in [0.717, 1.165) is 10.5 Å². The van der Waals surface area contributed by atoms with E-state index in [1.807, 2.05) is 30.5 Å². The van der Waals surface area contributed by atoms with Crippen molar-refractivity contribution in [1.29, 1.82) is 0 Å². The fourth-order valence-corrected chi connectivity index (χ4v) is 1.50. The van der Waals surface area contributed by atoms with E-state index in [-0.39, 0.29) is 6.61 Å². The molecule has 0 aliphatic rings. The molecule has 76 valence electrons. The van der Waals surface area contributed by atoms with E-state index < -0.39 is 5.97 Å². The molecule has 0 radical (unpaired) electrons. The van der Waals surface area contributed by atoms with Gasteiger partial charge in [0.1, 0.15) is 6.61 Å². The lowest BCUT2D eigenvalue weighted by Crippen LogP contribution is -2.06. The van der Waals surface area contributed by atoms with Gasteiger partial charge in [0.2, 0.25) is 0 Å². The van der Waals surface area contributed by atoms with Crippen molar-refractivity contribution < 1.29 is 14.6 Å². The Bertz CT molecular complexity index is 312. The van der Waals surface area contributed by atoms with Crippen LogP contribution < -0.4 is 0 Å². The lowest BCUT2D eigenvalue weighted by atomic mass is 10.2. The maximum absolute atomic E-state index is 10.2. The van der Waals surface area contributed by atoms with E-state index in [2.05, 4.69) is 0 Å². The maximum Gasteiger partial charge on any atom is 0.329 e. The summed E-state index contributed by atoms with van der Waals surface area (Å²) < 4.78 is 4.97. The molecule has 0 aromatic heterocycles. The summed E-state index contributed by atoms with van der Waals surface area (Å²) in [6, 6.07) is 7.85. The van der Waals surface area contributed by atoms with Crippen molar-refractivity contribution in [1.82, 2.24) is 0 Å². The first-order valence-electron chi connectivity index (χ1n) is 4.15. The quantitative estimate of drug-likeness (QED) is 0.758. The molecule has 1 N–H and O–H groups in total. The van der Waals surface area contributed by atoms with E-state index in [0.29, 0.717) is 6.61 Å². The molecule has 1 aromatic carbocycles. The molecular formula is C10H12O3S. The van der Waals surface area contributed by atoms with Gasteiger partial charge >= 0.3 is 5.97 Å². The number of rotatable bonds is 5. The highest BCUT2D eigenvalue weighted by Crippen LogP contribution is 2.16. The van der Waals surface area contributed by atoms with Gasteiger partial charge in [-0.1, -0.05) is 12.1 Å². The van der Waals surface area contributed by atoms with Gasteiger partial charge < -0.3 is 9.84 Å². The number of hydrogen-bond acceptors (Lipinski definition) is 3. The largest absolute Gasteiger partial charge is 0.480 e. The van der Waals surface area contributed by atoms with Gasteiger partial charge in [0.15, 0.2) is 0 Å². The van der Waals surface area contributed by atoms with Crippen molar-refractivity contribution in [2.75, 3.05) is 12.9 Å². The molecule has 0 atom stereocenters. The molecule has 0 spiro atoms. The number of ether oxygens (including phenoxy) is 1. The molecule has 0 unspecified atom stereocenters. The van der Waals surface area contributed by atoms with Crippen LogP contribution in [0.25, 0.3) is 0 Å². The van der Waals surface area contributed by atoms with Gasteiger partial charge in [0.05, 0.1) is 6.61 Å². The molecule has 3 nitrogen and oxygen atoms in total. The van der Waals surface area contributed by atoms with Crippen molar-refractivity contribution in [3.05, 3.63) is 29.8 Å². The minimum atomic E-state index is -0.939. The molecular weight excluding hydrogens is 200 g/mol. The van der Waals surface area contributed by atoms with Crippen molar-refractivity contribution in [2.45, 2.75) is 11.5 Å². The number of thioether (sulfide) groups is 1. The number of hydrogen-bond donors (Lipinski definition) is 1. The highest BCUT2D eigenvalue weighted by molar-refractivity contribution is 7.98. The number of carboxylic acids is 1. The molecule has 0 saturated heterocycles. The molecule has 1 rings (SSSR count). The third-order valence-electron chi connectivity index (χ3n) is 1.63. The van der Waals surface area contributed by atoms with E-state index in [1.54, 1.807) is 11.8 Å². The van der Waals surface area contributed by atoms with Crippen molar-refractivity contribution >= 4 is 17.7 Å². The SMILES string of the molecule is CSc1cccc(COCC(=O)O)c1. The van der Waals surface area contributed by atoms with Crippen LogP contribution in [0.5, 0.6) is 0 Å². The van der Waals surface area contributed by atoms with Gasteiger partial charge in [-0.25, -0.2) is 4.79 Å². The Morgan fingerprint density at radius 1 is 1.57 bits per heavy atom. The van der Waals surface area contributed by atoms with Crippen LogP contribution in [0.3, 0.4) is 0 Å². The van der Waals surface area contributed by atoms with Gasteiger partial charge in [-0.3, -0.25) is 0 Å². The van der Waals surface area contributed by atoms with Crippen LogP contribution in [-0.4, -0.2) is 23.9 Å². The number of carbonyl (C=O) groups is 1. The third-order valence-corrected chi connectivity index (χ3v) is 2.35. The molecule has 4 heteroatoms. The number of aliphatic carboxylic acids is 1. The van der Waals surface area contributed by atoms with E-state index >= 15 is 0 Å². The van der Waals surface area contributed by atoms with E-state index in [9.17, 15) is 4.79 Å². The van der Waals surface area contributed by atoms with Crippen LogP contribution in [-0.2, 0) is 16.1 Å². The zero-order valence-corrected chi connectivity index (χ0v) is 8.71. The summed E-state index contributed by atoms with van der Waals surface area (Å²) >= 11 is 1.65. The van der Waals surface area contributed by atoms with Crippen LogP contribution in [0, 0.1) is 0 Å². The summed E-state index contributed by atoms with van der Waals surface area (Å²) in [4.78, 5) is 11.3. The van der Waals surface area contributed by atoms with Gasteiger partial charge in [-0.2, -0.15) is 0 Å². The Kier molecular flexibility index (Phi) is 4.49. The van der Waals surface area contributed by atoms with Gasteiger partial charge in [0.25, 0.3) is 0 Å². The number of benzene rings is 1. The van der Waals surface area contributed by atoms with Crippen LogP contribution >= 0.6 is 11.8 Å². The molecule has 0 heterocycles. The molecule has 1 aromatic rings. The van der Waals surface area contributed by atoms with Gasteiger partial charge in [-0.15, -0.1) is 11.8 Å². The second-order valence-electron chi connectivity index (χ2n) is 2.74. The zero-order chi connectivity index (χ0) is 10.4. The summed E-state index contributed by atoms with van der Waals surface area (Å²) in [6.45, 7) is 0.101. The number of carboxylic acid groups (broad SMARTS) is 1. The Morgan fingerprint density at radius 3 is 3.00 bits per heavy atom. The molecule has 0 aliphatic heterocycles. The maximum atomic E-state index is 10.2. The summed E-state index contributed by atoms with van der Waals surface area (Å²) in [6.07, 6.45) is 2.00. The Hall–Kier alpha value is -1.00. The van der Waals surface area contributed by atoms with E-state index in [4.69, 9.17) is 9.84 Å². The molecule has 0 bridgehead atoms. The van der Waals surface area contributed by atoms with Crippen LogP contribution in [0.1, 0.15) is 5.56 Å². The minimum Gasteiger partial charge on any atom is -0.480 e. The van der Waals surface area contributed by atoms with Crippen molar-refractivity contribution in [2.24, 2.45) is 0 Å². The monoisotopic (exact) mass is 212 g/mol. The summed E-state index contributed by atoms with van der Waals surface area (Å²) in [7, 11) is 0. The first-order valence-corrected chi connectivity index (χ1v) is 5.37. The average Bonchev–Trinajstić information content (AvgIpc) is 2.18. The Morgan fingerprint density at radius 2 is 2.36 bits per heavy atom. The van der Waals surface area contributed by atoms with Crippen molar-refractivity contribution in [3.8, 4) is 0 Å². The predicted octanol–water partition coefficient (Wildman–Crippen LogP) is 2.01. The minimum absolute atomic E-state index is 0.247. The average molecular weight is 212 g/mol. The first-order chi connectivity index (χ1) is 6.72. The highest BCUT2D eigenvalue weighted by atomic mass is 32.2. The normalized spacial score (nSPS) is 10.1. The summed E-state index contributed by atoms with van der Waals surface area (Å²) in [5.74, 6) is -0.939. The second kappa shape index (κ2) is 5.67. The Balaban J connectivity index is 2.46. The fourth-order valence-electron chi connectivity index (χ4n) is 1.02. The second-order valence-corrected chi connectivity index (χ2v) is 3.62. The fraction of sp³-hybridized carbons (Fsp3) is 0.300. The first kappa shape index (κ1) is 11.1. The molecule has 0 fully saturated rings. The molecule has 14 heavy (non-hydrogen) atoms. The van der Waals surface area contributed by atoms with Crippen LogP contribution in [0.2, 0.25) is 0 Å². The highest BCUT2D eigenvalue weighted by Gasteiger charge is 1.98. The standard InChI is InChI=1S/C10H12O3S/c1-14-9-4-2-3-8(5-9)6-13-7-10(11)12/h2-5H,6-7H2,1H3,(H,11,12). The Labute approximate surface area is 87.1 Å². The predicted molar refractivity (Wildman–Crippen MR) is 55.5 cm³/mol. The van der Waals surface area contributed by atoms with Crippen molar-refractivity contribution in [3.63, 3.8) is 0 Å². The summed E-state index contributed by atoms with van der Waals surface area (Å²) in [5.41, 5.74) is 0.998. The summed E-state index contributed by atoms with van der Waals surface area (Å²) in [5, 5.41) is 8.36. The third kappa shape index (κ3) is 3.81. The topological polar surface area (TPSA) is 46.5 Å².